The second-order valence-electron chi connectivity index (χ2n) is 6.19. The summed E-state index contributed by atoms with van der Waals surface area (Å²) in [5.41, 5.74) is 3.52. The number of hydrogen-bond donors (Lipinski definition) is 0. The Kier molecular flexibility index (Phi) is 3.48. The molecule has 1 aliphatic heterocycles. The molecule has 2 aliphatic rings. The van der Waals surface area contributed by atoms with E-state index in [1.807, 2.05) is 6.20 Å². The Morgan fingerprint density at radius 2 is 1.95 bits per heavy atom. The Morgan fingerprint density at radius 1 is 1.26 bits per heavy atom. The Morgan fingerprint density at radius 3 is 2.58 bits per heavy atom. The van der Waals surface area contributed by atoms with E-state index in [0.717, 1.165) is 29.7 Å². The number of aromatic nitrogens is 1. The molecule has 3 rings (SSSR count). The van der Waals surface area contributed by atoms with E-state index in [0.29, 0.717) is 0 Å². The Hall–Kier alpha value is -1.09. The van der Waals surface area contributed by atoms with Crippen LogP contribution in [0.25, 0.3) is 0 Å². The molecule has 0 amide bonds. The predicted molar refractivity (Wildman–Crippen MR) is 76.4 cm³/mol. The number of ether oxygens (including phenoxy) is 1. The first kappa shape index (κ1) is 12.9. The van der Waals surface area contributed by atoms with Gasteiger partial charge in [-0.25, -0.2) is 0 Å². The molecule has 2 fully saturated rings. The quantitative estimate of drug-likeness (QED) is 0.835. The molecular weight excluding hydrogens is 236 g/mol. The van der Waals surface area contributed by atoms with E-state index in [2.05, 4.69) is 23.7 Å². The first-order valence-corrected chi connectivity index (χ1v) is 7.40. The van der Waals surface area contributed by atoms with Gasteiger partial charge >= 0.3 is 0 Å². The Balaban J connectivity index is 1.74. The van der Waals surface area contributed by atoms with Crippen molar-refractivity contribution in [3.63, 3.8) is 0 Å². The van der Waals surface area contributed by atoms with Crippen LogP contribution in [0.5, 0.6) is 5.75 Å². The lowest BCUT2D eigenvalue weighted by atomic mass is 10.0. The number of likely N-dealkylation sites (tertiary alicyclic amines) is 1. The number of rotatable bonds is 3. The number of aryl methyl sites for hydroxylation is 1. The molecule has 0 aromatic carbocycles. The number of hydrogen-bond acceptors (Lipinski definition) is 3. The maximum atomic E-state index is 5.50. The fraction of sp³-hybridized carbons (Fsp3) is 0.688. The SMILES string of the molecule is COc1c(C)cnc(CN2CC3CCCC3C2)c1C. The highest BCUT2D eigenvalue weighted by atomic mass is 16.5. The molecule has 0 N–H and O–H groups in total. The van der Waals surface area contributed by atoms with Crippen molar-refractivity contribution in [2.24, 2.45) is 11.8 Å². The molecule has 1 saturated heterocycles. The van der Waals surface area contributed by atoms with E-state index >= 15 is 0 Å². The van der Waals surface area contributed by atoms with Crippen LogP contribution < -0.4 is 4.74 Å². The molecule has 3 heteroatoms. The molecule has 0 spiro atoms. The van der Waals surface area contributed by atoms with E-state index < -0.39 is 0 Å². The van der Waals surface area contributed by atoms with E-state index in [4.69, 9.17) is 4.74 Å². The lowest BCUT2D eigenvalue weighted by molar-refractivity contribution is 0.298. The maximum absolute atomic E-state index is 5.50. The summed E-state index contributed by atoms with van der Waals surface area (Å²) < 4.78 is 5.50. The standard InChI is InChI=1S/C16H24N2O/c1-11-7-17-15(12(2)16(11)19-3)10-18-8-13-5-4-6-14(13)9-18/h7,13-14H,4-6,8-10H2,1-3H3. The highest BCUT2D eigenvalue weighted by Gasteiger charge is 2.36. The molecule has 3 nitrogen and oxygen atoms in total. The van der Waals surface area contributed by atoms with Crippen LogP contribution in [0.2, 0.25) is 0 Å². The van der Waals surface area contributed by atoms with Crippen molar-refractivity contribution in [3.8, 4) is 5.75 Å². The van der Waals surface area contributed by atoms with Gasteiger partial charge in [0.05, 0.1) is 12.8 Å². The summed E-state index contributed by atoms with van der Waals surface area (Å²) in [4.78, 5) is 7.20. The molecule has 0 bridgehead atoms. The molecule has 1 saturated carbocycles. The minimum atomic E-state index is 0.952. The number of fused-ring (bicyclic) bond motifs is 1. The van der Waals surface area contributed by atoms with Crippen LogP contribution in [0, 0.1) is 25.7 Å². The second kappa shape index (κ2) is 5.12. The van der Waals surface area contributed by atoms with Gasteiger partial charge in [-0.05, 0) is 38.5 Å². The Bertz CT molecular complexity index is 460. The molecule has 2 heterocycles. The van der Waals surface area contributed by atoms with Gasteiger partial charge < -0.3 is 4.74 Å². The van der Waals surface area contributed by atoms with E-state index in [9.17, 15) is 0 Å². The molecule has 104 valence electrons. The van der Waals surface area contributed by atoms with Gasteiger partial charge in [0.25, 0.3) is 0 Å². The van der Waals surface area contributed by atoms with Gasteiger partial charge in [-0.2, -0.15) is 0 Å². The van der Waals surface area contributed by atoms with Crippen LogP contribution in [0.1, 0.15) is 36.1 Å². The fourth-order valence-electron chi connectivity index (χ4n) is 3.90. The molecule has 0 radical (unpaired) electrons. The number of methoxy groups -OCH3 is 1. The van der Waals surface area contributed by atoms with Gasteiger partial charge in [-0.15, -0.1) is 0 Å². The summed E-state index contributed by atoms with van der Waals surface area (Å²) >= 11 is 0. The van der Waals surface area contributed by atoms with Gasteiger partial charge in [-0.3, -0.25) is 9.88 Å². The average molecular weight is 260 g/mol. The van der Waals surface area contributed by atoms with Gasteiger partial charge in [0, 0.05) is 37.0 Å². The maximum Gasteiger partial charge on any atom is 0.128 e. The van der Waals surface area contributed by atoms with E-state index in [1.165, 1.54) is 43.6 Å². The molecule has 2 atom stereocenters. The van der Waals surface area contributed by atoms with E-state index in [1.54, 1.807) is 7.11 Å². The van der Waals surface area contributed by atoms with Crippen molar-refractivity contribution in [3.05, 3.63) is 23.0 Å². The zero-order valence-electron chi connectivity index (χ0n) is 12.3. The topological polar surface area (TPSA) is 25.4 Å². The van der Waals surface area contributed by atoms with E-state index in [-0.39, 0.29) is 0 Å². The second-order valence-corrected chi connectivity index (χ2v) is 6.19. The monoisotopic (exact) mass is 260 g/mol. The third-order valence-corrected chi connectivity index (χ3v) is 4.93. The zero-order chi connectivity index (χ0) is 13.4. The third kappa shape index (κ3) is 2.36. The number of pyridine rings is 1. The van der Waals surface area contributed by atoms with Crippen LogP contribution in [-0.4, -0.2) is 30.1 Å². The van der Waals surface area contributed by atoms with Crippen LogP contribution in [0.3, 0.4) is 0 Å². The average Bonchev–Trinajstić information content (AvgIpc) is 2.94. The summed E-state index contributed by atoms with van der Waals surface area (Å²) in [7, 11) is 1.75. The first-order chi connectivity index (χ1) is 9.19. The van der Waals surface area contributed by atoms with Gasteiger partial charge in [0.2, 0.25) is 0 Å². The largest absolute Gasteiger partial charge is 0.496 e. The summed E-state index contributed by atoms with van der Waals surface area (Å²) in [6.45, 7) is 7.70. The van der Waals surface area contributed by atoms with Crippen LogP contribution >= 0.6 is 0 Å². The summed E-state index contributed by atoms with van der Waals surface area (Å²) in [5, 5.41) is 0. The van der Waals surface area contributed by atoms with Crippen molar-refractivity contribution in [1.82, 2.24) is 9.88 Å². The third-order valence-electron chi connectivity index (χ3n) is 4.93. The van der Waals surface area contributed by atoms with Crippen LogP contribution in [0.15, 0.2) is 6.20 Å². The first-order valence-electron chi connectivity index (χ1n) is 7.40. The fourth-order valence-corrected chi connectivity index (χ4v) is 3.90. The van der Waals surface area contributed by atoms with Crippen molar-refractivity contribution < 1.29 is 4.74 Å². The molecule has 1 aromatic heterocycles. The lowest BCUT2D eigenvalue weighted by Crippen LogP contribution is -2.22. The van der Waals surface area contributed by atoms with Crippen molar-refractivity contribution >= 4 is 0 Å². The minimum absolute atomic E-state index is 0.952. The minimum Gasteiger partial charge on any atom is -0.496 e. The lowest BCUT2D eigenvalue weighted by Gasteiger charge is -2.19. The summed E-state index contributed by atoms with van der Waals surface area (Å²) in [6.07, 6.45) is 6.26. The smallest absolute Gasteiger partial charge is 0.128 e. The highest BCUT2D eigenvalue weighted by molar-refractivity contribution is 5.41. The normalized spacial score (nSPS) is 26.7. The van der Waals surface area contributed by atoms with Crippen LogP contribution in [-0.2, 0) is 6.54 Å². The summed E-state index contributed by atoms with van der Waals surface area (Å²) in [6, 6.07) is 0. The number of nitrogens with zero attached hydrogens (tertiary/aromatic N) is 2. The van der Waals surface area contributed by atoms with Gasteiger partial charge in [0.1, 0.15) is 5.75 Å². The molecule has 1 aromatic rings. The Labute approximate surface area is 116 Å². The van der Waals surface area contributed by atoms with Crippen molar-refractivity contribution in [2.45, 2.75) is 39.7 Å². The molecule has 1 aliphatic carbocycles. The summed E-state index contributed by atoms with van der Waals surface area (Å²) in [5.74, 6) is 2.91. The van der Waals surface area contributed by atoms with Crippen molar-refractivity contribution in [2.75, 3.05) is 20.2 Å². The predicted octanol–water partition coefficient (Wildman–Crippen LogP) is 2.94. The van der Waals surface area contributed by atoms with Gasteiger partial charge in [0.15, 0.2) is 0 Å². The highest BCUT2D eigenvalue weighted by Crippen LogP contribution is 2.38. The van der Waals surface area contributed by atoms with Crippen LogP contribution in [0.4, 0.5) is 0 Å². The molecular formula is C16H24N2O. The molecule has 19 heavy (non-hydrogen) atoms. The van der Waals surface area contributed by atoms with Crippen molar-refractivity contribution in [1.29, 1.82) is 0 Å². The zero-order valence-corrected chi connectivity index (χ0v) is 12.3. The molecule has 2 unspecified atom stereocenters. The van der Waals surface area contributed by atoms with Gasteiger partial charge in [-0.1, -0.05) is 6.42 Å².